The number of nitrogens with zero attached hydrogens (tertiary/aromatic N) is 1. The SMILES string of the molecule is CCCCCC/C=N/NC(=S)S. The van der Waals surface area contributed by atoms with Crippen molar-refractivity contribution in [2.75, 3.05) is 0 Å². The van der Waals surface area contributed by atoms with E-state index in [1.54, 1.807) is 0 Å². The van der Waals surface area contributed by atoms with E-state index in [2.05, 4.69) is 42.3 Å². The van der Waals surface area contributed by atoms with E-state index in [4.69, 9.17) is 0 Å². The number of hydrogen-bond donors (Lipinski definition) is 2. The molecule has 0 saturated heterocycles. The summed E-state index contributed by atoms with van der Waals surface area (Å²) in [5.41, 5.74) is 2.60. The maximum Gasteiger partial charge on any atom is 0.150 e. The Balaban J connectivity index is 3.08. The van der Waals surface area contributed by atoms with Crippen LogP contribution in [-0.4, -0.2) is 10.5 Å². The molecule has 2 nitrogen and oxygen atoms in total. The quantitative estimate of drug-likeness (QED) is 0.229. The zero-order valence-electron chi connectivity index (χ0n) is 7.42. The average molecular weight is 204 g/mol. The Morgan fingerprint density at radius 3 is 2.83 bits per heavy atom. The van der Waals surface area contributed by atoms with E-state index in [9.17, 15) is 0 Å². The third-order valence-electron chi connectivity index (χ3n) is 1.44. The van der Waals surface area contributed by atoms with Crippen molar-refractivity contribution in [2.24, 2.45) is 5.10 Å². The molecule has 0 aliphatic rings. The summed E-state index contributed by atoms with van der Waals surface area (Å²) in [5, 5.41) is 3.88. The standard InChI is InChI=1S/C8H16N2S2/c1-2-3-4-5-6-7-9-10-8(11)12/h7H,2-6H2,1H3,(H2,10,11,12)/b9-7+. The number of thiocarbonyl (C=S) groups is 1. The van der Waals surface area contributed by atoms with Gasteiger partial charge in [-0.05, 0) is 12.8 Å². The molecule has 0 aromatic rings. The average Bonchev–Trinajstić information content (AvgIpc) is 2.02. The highest BCUT2D eigenvalue weighted by Gasteiger charge is 1.84. The molecule has 0 fully saturated rings. The van der Waals surface area contributed by atoms with Crippen LogP contribution in [0.15, 0.2) is 5.10 Å². The summed E-state index contributed by atoms with van der Waals surface area (Å²) in [6.45, 7) is 2.20. The first-order chi connectivity index (χ1) is 5.77. The maximum absolute atomic E-state index is 4.65. The summed E-state index contributed by atoms with van der Waals surface area (Å²) in [5.74, 6) is 0. The minimum atomic E-state index is 0.416. The van der Waals surface area contributed by atoms with E-state index in [-0.39, 0.29) is 0 Å². The lowest BCUT2D eigenvalue weighted by Gasteiger charge is -1.94. The third-order valence-corrected chi connectivity index (χ3v) is 1.63. The fourth-order valence-corrected chi connectivity index (χ4v) is 0.938. The van der Waals surface area contributed by atoms with Gasteiger partial charge in [-0.3, -0.25) is 5.43 Å². The molecule has 0 aromatic carbocycles. The van der Waals surface area contributed by atoms with Crippen LogP contribution >= 0.6 is 24.8 Å². The fraction of sp³-hybridized carbons (Fsp3) is 0.750. The molecule has 12 heavy (non-hydrogen) atoms. The molecule has 0 heterocycles. The minimum absolute atomic E-state index is 0.416. The summed E-state index contributed by atoms with van der Waals surface area (Å²) in [6, 6.07) is 0. The van der Waals surface area contributed by atoms with Crippen molar-refractivity contribution in [3.63, 3.8) is 0 Å². The van der Waals surface area contributed by atoms with Crippen molar-refractivity contribution < 1.29 is 0 Å². The molecule has 0 unspecified atom stereocenters. The Bertz CT molecular complexity index is 146. The Hall–Kier alpha value is -0.0900. The van der Waals surface area contributed by atoms with Crippen LogP contribution in [0.1, 0.15) is 39.0 Å². The first kappa shape index (κ1) is 11.9. The van der Waals surface area contributed by atoms with Crippen LogP contribution in [0.5, 0.6) is 0 Å². The van der Waals surface area contributed by atoms with Crippen LogP contribution in [0.25, 0.3) is 0 Å². The number of thiol groups is 1. The van der Waals surface area contributed by atoms with Gasteiger partial charge in [0, 0.05) is 6.21 Å². The molecule has 0 saturated carbocycles. The van der Waals surface area contributed by atoms with Crippen molar-refractivity contribution in [3.05, 3.63) is 0 Å². The van der Waals surface area contributed by atoms with Crippen LogP contribution in [0.4, 0.5) is 0 Å². The van der Waals surface area contributed by atoms with Crippen molar-refractivity contribution in [2.45, 2.75) is 39.0 Å². The van der Waals surface area contributed by atoms with Gasteiger partial charge in [0.1, 0.15) is 0 Å². The van der Waals surface area contributed by atoms with Crippen LogP contribution in [0.3, 0.4) is 0 Å². The normalized spacial score (nSPS) is 10.5. The van der Waals surface area contributed by atoms with Gasteiger partial charge in [0.15, 0.2) is 4.32 Å². The van der Waals surface area contributed by atoms with Gasteiger partial charge >= 0.3 is 0 Å². The maximum atomic E-state index is 4.65. The van der Waals surface area contributed by atoms with Gasteiger partial charge in [-0.2, -0.15) is 5.10 Å². The van der Waals surface area contributed by atoms with Gasteiger partial charge < -0.3 is 0 Å². The monoisotopic (exact) mass is 204 g/mol. The molecule has 0 aromatic heterocycles. The number of hydrazone groups is 1. The Morgan fingerprint density at radius 1 is 1.50 bits per heavy atom. The predicted octanol–water partition coefficient (Wildman–Crippen LogP) is 2.75. The molecule has 70 valence electrons. The molecule has 0 rings (SSSR count). The first-order valence-electron chi connectivity index (χ1n) is 4.27. The van der Waals surface area contributed by atoms with Gasteiger partial charge in [-0.25, -0.2) is 0 Å². The largest absolute Gasteiger partial charge is 0.263 e. The molecule has 0 spiro atoms. The van der Waals surface area contributed by atoms with Gasteiger partial charge in [0.2, 0.25) is 0 Å². The van der Waals surface area contributed by atoms with Crippen LogP contribution in [0.2, 0.25) is 0 Å². The smallest absolute Gasteiger partial charge is 0.150 e. The second kappa shape index (κ2) is 9.00. The molecule has 4 heteroatoms. The summed E-state index contributed by atoms with van der Waals surface area (Å²) in [4.78, 5) is 0. The van der Waals surface area contributed by atoms with E-state index in [0.717, 1.165) is 6.42 Å². The van der Waals surface area contributed by atoms with E-state index >= 15 is 0 Å². The highest BCUT2D eigenvalue weighted by atomic mass is 32.1. The van der Waals surface area contributed by atoms with Crippen molar-refractivity contribution >= 4 is 35.4 Å². The number of hydrogen-bond acceptors (Lipinski definition) is 2. The molecule has 1 N–H and O–H groups in total. The van der Waals surface area contributed by atoms with Gasteiger partial charge in [-0.15, -0.1) is 12.6 Å². The molecule has 0 bridgehead atoms. The highest BCUT2D eigenvalue weighted by molar-refractivity contribution is 8.11. The van der Waals surface area contributed by atoms with Gasteiger partial charge in [-0.1, -0.05) is 38.4 Å². The van der Waals surface area contributed by atoms with Crippen LogP contribution in [0, 0.1) is 0 Å². The summed E-state index contributed by atoms with van der Waals surface area (Å²) in [7, 11) is 0. The van der Waals surface area contributed by atoms with E-state index < -0.39 is 0 Å². The number of unbranched alkanes of at least 4 members (excludes halogenated alkanes) is 4. The van der Waals surface area contributed by atoms with Gasteiger partial charge in [0.05, 0.1) is 0 Å². The van der Waals surface area contributed by atoms with E-state index in [1.807, 2.05) is 6.21 Å². The van der Waals surface area contributed by atoms with E-state index in [0.29, 0.717) is 4.32 Å². The highest BCUT2D eigenvalue weighted by Crippen LogP contribution is 2.00. The second-order valence-electron chi connectivity index (χ2n) is 2.58. The first-order valence-corrected chi connectivity index (χ1v) is 5.13. The number of rotatable bonds is 6. The van der Waals surface area contributed by atoms with Crippen LogP contribution in [-0.2, 0) is 0 Å². The topological polar surface area (TPSA) is 24.4 Å². The van der Waals surface area contributed by atoms with Crippen molar-refractivity contribution in [1.29, 1.82) is 0 Å². The fourth-order valence-electron chi connectivity index (χ4n) is 0.828. The van der Waals surface area contributed by atoms with E-state index in [1.165, 1.54) is 25.7 Å². The summed E-state index contributed by atoms with van der Waals surface area (Å²) < 4.78 is 0.416. The zero-order valence-corrected chi connectivity index (χ0v) is 9.13. The zero-order chi connectivity index (χ0) is 9.23. The lowest BCUT2D eigenvalue weighted by Crippen LogP contribution is -2.07. The number of nitrogens with one attached hydrogen (secondary N) is 1. The second-order valence-corrected chi connectivity index (χ2v) is 3.74. The lowest BCUT2D eigenvalue weighted by molar-refractivity contribution is 0.685. The van der Waals surface area contributed by atoms with Gasteiger partial charge in [0.25, 0.3) is 0 Å². The third kappa shape index (κ3) is 9.91. The molecule has 0 atom stereocenters. The van der Waals surface area contributed by atoms with Crippen molar-refractivity contribution in [3.8, 4) is 0 Å². The Kier molecular flexibility index (Phi) is 8.93. The molecule has 0 radical (unpaired) electrons. The molecular formula is C8H16N2S2. The molecule has 0 aliphatic carbocycles. The Labute approximate surface area is 85.2 Å². The molecule has 0 aliphatic heterocycles. The molecular weight excluding hydrogens is 188 g/mol. The van der Waals surface area contributed by atoms with Crippen LogP contribution < -0.4 is 5.43 Å². The lowest BCUT2D eigenvalue weighted by atomic mass is 10.2. The minimum Gasteiger partial charge on any atom is -0.263 e. The Morgan fingerprint density at radius 2 is 2.25 bits per heavy atom. The van der Waals surface area contributed by atoms with Crippen molar-refractivity contribution in [1.82, 2.24) is 5.43 Å². The summed E-state index contributed by atoms with van der Waals surface area (Å²) >= 11 is 8.52. The summed E-state index contributed by atoms with van der Waals surface area (Å²) in [6.07, 6.45) is 7.94. The molecule has 0 amide bonds. The predicted molar refractivity (Wildman–Crippen MR) is 62.0 cm³/mol.